The van der Waals surface area contributed by atoms with Gasteiger partial charge in [0.05, 0.1) is 11.4 Å². The van der Waals surface area contributed by atoms with Gasteiger partial charge in [-0.25, -0.2) is 4.98 Å². The van der Waals surface area contributed by atoms with E-state index in [-0.39, 0.29) is 0 Å². The van der Waals surface area contributed by atoms with Crippen molar-refractivity contribution in [3.05, 3.63) is 41.3 Å². The number of carbonyl (C=O) groups excluding carboxylic acids is 1. The topological polar surface area (TPSA) is 43.1 Å². The van der Waals surface area contributed by atoms with E-state index in [4.69, 9.17) is 4.42 Å². The Morgan fingerprint density at radius 2 is 1.95 bits per heavy atom. The SMILES string of the molecule is CCCC(=O)CSCc1nc(-c2ccc(C)cc2)oc1C. The zero-order chi connectivity index (χ0) is 15.2. The second-order valence-electron chi connectivity index (χ2n) is 5.17. The van der Waals surface area contributed by atoms with E-state index in [9.17, 15) is 4.79 Å². The summed E-state index contributed by atoms with van der Waals surface area (Å²) in [5.41, 5.74) is 3.13. The Bertz CT molecular complexity index is 602. The zero-order valence-electron chi connectivity index (χ0n) is 12.8. The van der Waals surface area contributed by atoms with Gasteiger partial charge in [-0.1, -0.05) is 24.6 Å². The minimum Gasteiger partial charge on any atom is -0.441 e. The number of ketones is 1. The van der Waals surface area contributed by atoms with Gasteiger partial charge < -0.3 is 4.42 Å². The Kier molecular flexibility index (Phi) is 5.62. The van der Waals surface area contributed by atoms with Crippen LogP contribution < -0.4 is 0 Å². The molecule has 1 aromatic heterocycles. The van der Waals surface area contributed by atoms with Crippen LogP contribution in [0.4, 0.5) is 0 Å². The lowest BCUT2D eigenvalue weighted by Crippen LogP contribution is -2.00. The summed E-state index contributed by atoms with van der Waals surface area (Å²) in [7, 11) is 0. The fourth-order valence-electron chi connectivity index (χ4n) is 1.99. The summed E-state index contributed by atoms with van der Waals surface area (Å²) >= 11 is 1.61. The third-order valence-electron chi connectivity index (χ3n) is 3.22. The van der Waals surface area contributed by atoms with Crippen LogP contribution in [0.1, 0.15) is 36.8 Å². The van der Waals surface area contributed by atoms with E-state index in [0.29, 0.717) is 23.8 Å². The molecule has 0 N–H and O–H groups in total. The van der Waals surface area contributed by atoms with Gasteiger partial charge in [0.25, 0.3) is 0 Å². The van der Waals surface area contributed by atoms with E-state index in [2.05, 4.69) is 11.9 Å². The molecule has 0 unspecified atom stereocenters. The van der Waals surface area contributed by atoms with Crippen LogP contribution in [0.25, 0.3) is 11.5 Å². The second kappa shape index (κ2) is 7.46. The lowest BCUT2D eigenvalue weighted by atomic mass is 10.1. The highest BCUT2D eigenvalue weighted by molar-refractivity contribution is 7.99. The van der Waals surface area contributed by atoms with Crippen LogP contribution in [0.2, 0.25) is 0 Å². The highest BCUT2D eigenvalue weighted by Gasteiger charge is 2.12. The number of Topliss-reactive ketones (excluding diaryl/α,β-unsaturated/α-hetero) is 1. The van der Waals surface area contributed by atoms with Gasteiger partial charge >= 0.3 is 0 Å². The van der Waals surface area contributed by atoms with Gasteiger partial charge in [-0.3, -0.25) is 4.79 Å². The maximum absolute atomic E-state index is 11.5. The molecule has 0 saturated carbocycles. The van der Waals surface area contributed by atoms with Crippen molar-refractivity contribution in [2.75, 3.05) is 5.75 Å². The molecule has 21 heavy (non-hydrogen) atoms. The first-order chi connectivity index (χ1) is 10.1. The maximum Gasteiger partial charge on any atom is 0.226 e. The van der Waals surface area contributed by atoms with Crippen molar-refractivity contribution in [3.8, 4) is 11.5 Å². The molecule has 2 rings (SSSR count). The molecule has 1 heterocycles. The van der Waals surface area contributed by atoms with E-state index in [1.54, 1.807) is 11.8 Å². The van der Waals surface area contributed by atoms with Gasteiger partial charge in [0.15, 0.2) is 0 Å². The quantitative estimate of drug-likeness (QED) is 0.752. The van der Waals surface area contributed by atoms with Crippen molar-refractivity contribution in [2.45, 2.75) is 39.4 Å². The van der Waals surface area contributed by atoms with Crippen LogP contribution in [-0.4, -0.2) is 16.5 Å². The highest BCUT2D eigenvalue weighted by Crippen LogP contribution is 2.24. The Morgan fingerprint density at radius 3 is 2.62 bits per heavy atom. The number of aryl methyl sites for hydroxylation is 2. The Morgan fingerprint density at radius 1 is 1.24 bits per heavy atom. The van der Waals surface area contributed by atoms with Crippen molar-refractivity contribution >= 4 is 17.5 Å². The molecular weight excluding hydrogens is 282 g/mol. The Balaban J connectivity index is 1.99. The molecule has 0 radical (unpaired) electrons. The smallest absolute Gasteiger partial charge is 0.226 e. The van der Waals surface area contributed by atoms with Crippen LogP contribution >= 0.6 is 11.8 Å². The number of nitrogens with zero attached hydrogens (tertiary/aromatic N) is 1. The fraction of sp³-hybridized carbons (Fsp3) is 0.412. The van der Waals surface area contributed by atoms with Gasteiger partial charge in [-0.15, -0.1) is 11.8 Å². The van der Waals surface area contributed by atoms with Crippen LogP contribution in [-0.2, 0) is 10.5 Å². The molecule has 0 atom stereocenters. The van der Waals surface area contributed by atoms with E-state index in [1.807, 2.05) is 38.1 Å². The van der Waals surface area contributed by atoms with E-state index in [1.165, 1.54) is 5.56 Å². The maximum atomic E-state index is 11.5. The monoisotopic (exact) mass is 303 g/mol. The average molecular weight is 303 g/mol. The second-order valence-corrected chi connectivity index (χ2v) is 6.15. The zero-order valence-corrected chi connectivity index (χ0v) is 13.6. The van der Waals surface area contributed by atoms with Gasteiger partial charge in [0.2, 0.25) is 5.89 Å². The standard InChI is InChI=1S/C17H21NO2S/c1-4-5-15(19)10-21-11-16-13(3)20-17(18-16)14-8-6-12(2)7-9-14/h6-9H,4-5,10-11H2,1-3H3. The number of aromatic nitrogens is 1. The van der Waals surface area contributed by atoms with Crippen molar-refractivity contribution in [2.24, 2.45) is 0 Å². The van der Waals surface area contributed by atoms with Crippen LogP contribution in [0.5, 0.6) is 0 Å². The fourth-order valence-corrected chi connectivity index (χ4v) is 2.93. The number of rotatable bonds is 7. The van der Waals surface area contributed by atoms with E-state index in [0.717, 1.165) is 29.2 Å². The number of benzene rings is 1. The van der Waals surface area contributed by atoms with Crippen molar-refractivity contribution < 1.29 is 9.21 Å². The molecule has 0 aliphatic heterocycles. The average Bonchev–Trinajstić information content (AvgIpc) is 2.81. The summed E-state index contributed by atoms with van der Waals surface area (Å²) in [6, 6.07) is 8.13. The molecule has 0 bridgehead atoms. The Labute approximate surface area is 130 Å². The van der Waals surface area contributed by atoms with Crippen molar-refractivity contribution in [1.82, 2.24) is 4.98 Å². The first-order valence-electron chi connectivity index (χ1n) is 7.23. The largest absolute Gasteiger partial charge is 0.441 e. The first kappa shape index (κ1) is 15.8. The summed E-state index contributed by atoms with van der Waals surface area (Å²) in [6.07, 6.45) is 1.58. The predicted molar refractivity (Wildman–Crippen MR) is 87.5 cm³/mol. The third-order valence-corrected chi connectivity index (χ3v) is 4.23. The van der Waals surface area contributed by atoms with E-state index >= 15 is 0 Å². The molecule has 1 aromatic carbocycles. The van der Waals surface area contributed by atoms with Crippen LogP contribution in [0.3, 0.4) is 0 Å². The molecule has 0 fully saturated rings. The van der Waals surface area contributed by atoms with Gasteiger partial charge in [-0.2, -0.15) is 0 Å². The number of carbonyl (C=O) groups is 1. The first-order valence-corrected chi connectivity index (χ1v) is 8.38. The third kappa shape index (κ3) is 4.46. The molecule has 3 nitrogen and oxygen atoms in total. The van der Waals surface area contributed by atoms with Gasteiger partial charge in [-0.05, 0) is 32.4 Å². The molecule has 0 spiro atoms. The molecule has 0 aliphatic rings. The number of thioether (sulfide) groups is 1. The number of hydrogen-bond acceptors (Lipinski definition) is 4. The highest BCUT2D eigenvalue weighted by atomic mass is 32.2. The predicted octanol–water partition coefficient (Wildman–Crippen LogP) is 4.56. The van der Waals surface area contributed by atoms with Gasteiger partial charge in [0.1, 0.15) is 11.5 Å². The molecule has 4 heteroatoms. The summed E-state index contributed by atoms with van der Waals surface area (Å²) in [4.78, 5) is 16.1. The number of hydrogen-bond donors (Lipinski definition) is 0. The van der Waals surface area contributed by atoms with Crippen LogP contribution in [0, 0.1) is 13.8 Å². The molecule has 0 aliphatic carbocycles. The lowest BCUT2D eigenvalue weighted by molar-refractivity contribution is -0.116. The minimum atomic E-state index is 0.308. The molecule has 0 amide bonds. The van der Waals surface area contributed by atoms with Crippen molar-refractivity contribution in [1.29, 1.82) is 0 Å². The van der Waals surface area contributed by atoms with Gasteiger partial charge in [0, 0.05) is 17.7 Å². The van der Waals surface area contributed by atoms with Crippen LogP contribution in [0.15, 0.2) is 28.7 Å². The summed E-state index contributed by atoms with van der Waals surface area (Å²) in [5, 5.41) is 0. The number of oxazole rings is 1. The summed E-state index contributed by atoms with van der Waals surface area (Å²) in [6.45, 7) is 6.01. The van der Waals surface area contributed by atoms with Crippen molar-refractivity contribution in [3.63, 3.8) is 0 Å². The molecular formula is C17H21NO2S. The minimum absolute atomic E-state index is 0.308. The lowest BCUT2D eigenvalue weighted by Gasteiger charge is -1.98. The molecule has 2 aromatic rings. The summed E-state index contributed by atoms with van der Waals surface area (Å²) in [5.74, 6) is 3.07. The Hall–Kier alpha value is -1.55. The molecule has 0 saturated heterocycles. The summed E-state index contributed by atoms with van der Waals surface area (Å²) < 4.78 is 5.74. The normalized spacial score (nSPS) is 10.8. The van der Waals surface area contributed by atoms with E-state index < -0.39 is 0 Å². The molecule has 112 valence electrons.